The minimum atomic E-state index is 0.149. The normalized spacial score (nSPS) is 13.2. The average Bonchev–Trinajstić information content (AvgIpc) is 2.38. The van der Waals surface area contributed by atoms with Crippen LogP contribution in [-0.4, -0.2) is 31.1 Å². The second kappa shape index (κ2) is 8.10. The molecule has 1 aromatic carbocycles. The zero-order chi connectivity index (χ0) is 15.9. The van der Waals surface area contributed by atoms with Gasteiger partial charge in [-0.1, -0.05) is 45.0 Å². The second-order valence-corrected chi connectivity index (χ2v) is 6.48. The molecule has 0 aromatic heterocycles. The van der Waals surface area contributed by atoms with Crippen LogP contribution in [0.2, 0.25) is 0 Å². The lowest BCUT2D eigenvalue weighted by Crippen LogP contribution is -2.40. The first-order valence-electron chi connectivity index (χ1n) is 7.02. The number of benzene rings is 1. The van der Waals surface area contributed by atoms with Gasteiger partial charge in [-0.3, -0.25) is 5.43 Å². The number of hydrogen-bond acceptors (Lipinski definition) is 3. The molecule has 1 aromatic rings. The molecule has 0 aliphatic heterocycles. The van der Waals surface area contributed by atoms with Crippen molar-refractivity contribution < 1.29 is 4.74 Å². The molecule has 0 bridgehead atoms. The summed E-state index contributed by atoms with van der Waals surface area (Å²) in [7, 11) is 1.66. The van der Waals surface area contributed by atoms with Crippen molar-refractivity contribution in [1.29, 1.82) is 0 Å². The molecule has 0 fully saturated rings. The van der Waals surface area contributed by atoms with Crippen molar-refractivity contribution >= 4 is 23.5 Å². The van der Waals surface area contributed by atoms with Crippen molar-refractivity contribution in [2.24, 2.45) is 5.10 Å². The molecule has 2 N–H and O–H groups in total. The van der Waals surface area contributed by atoms with Crippen LogP contribution in [0.5, 0.6) is 0 Å². The van der Waals surface area contributed by atoms with E-state index in [1.165, 1.54) is 5.56 Å². The van der Waals surface area contributed by atoms with Crippen LogP contribution in [0, 0.1) is 0 Å². The summed E-state index contributed by atoms with van der Waals surface area (Å²) in [6, 6.07) is 8.50. The SMILES string of the molecule is COC[C@H](C)NC(=S)N/N=C\c1ccc(C(C)(C)C)cc1. The quantitative estimate of drug-likeness (QED) is 0.499. The Balaban J connectivity index is 2.48. The zero-order valence-corrected chi connectivity index (χ0v) is 14.3. The fourth-order valence-electron chi connectivity index (χ4n) is 1.78. The van der Waals surface area contributed by atoms with Gasteiger partial charge >= 0.3 is 0 Å². The van der Waals surface area contributed by atoms with Crippen LogP contribution in [-0.2, 0) is 10.2 Å². The van der Waals surface area contributed by atoms with Gasteiger partial charge in [0.25, 0.3) is 0 Å². The summed E-state index contributed by atoms with van der Waals surface area (Å²) in [6.07, 6.45) is 1.75. The fraction of sp³-hybridized carbons (Fsp3) is 0.500. The van der Waals surface area contributed by atoms with E-state index in [9.17, 15) is 0 Å². The van der Waals surface area contributed by atoms with Gasteiger partial charge in [0.15, 0.2) is 5.11 Å². The molecule has 0 saturated heterocycles. The van der Waals surface area contributed by atoms with E-state index < -0.39 is 0 Å². The Morgan fingerprint density at radius 2 is 1.95 bits per heavy atom. The maximum atomic E-state index is 5.14. The predicted molar refractivity (Wildman–Crippen MR) is 92.9 cm³/mol. The van der Waals surface area contributed by atoms with E-state index >= 15 is 0 Å². The first kappa shape index (κ1) is 17.6. The minimum absolute atomic E-state index is 0.149. The van der Waals surface area contributed by atoms with E-state index in [0.717, 1.165) is 5.56 Å². The van der Waals surface area contributed by atoms with Gasteiger partial charge in [-0.25, -0.2) is 0 Å². The maximum Gasteiger partial charge on any atom is 0.187 e. The molecule has 0 aliphatic rings. The summed E-state index contributed by atoms with van der Waals surface area (Å²) in [5, 5.41) is 7.69. The maximum absolute atomic E-state index is 5.14. The molecule has 0 aliphatic carbocycles. The summed E-state index contributed by atoms with van der Waals surface area (Å²) in [4.78, 5) is 0. The van der Waals surface area contributed by atoms with Crippen LogP contribution in [0.25, 0.3) is 0 Å². The van der Waals surface area contributed by atoms with E-state index in [0.29, 0.717) is 11.7 Å². The summed E-state index contributed by atoms with van der Waals surface area (Å²) in [5.74, 6) is 0. The van der Waals surface area contributed by atoms with Gasteiger partial charge in [0.2, 0.25) is 0 Å². The molecule has 1 atom stereocenters. The Bertz CT molecular complexity index is 477. The fourth-order valence-corrected chi connectivity index (χ4v) is 2.04. The number of methoxy groups -OCH3 is 1. The highest BCUT2D eigenvalue weighted by Crippen LogP contribution is 2.21. The number of ether oxygens (including phenoxy) is 1. The van der Waals surface area contributed by atoms with Gasteiger partial charge in [-0.2, -0.15) is 5.10 Å². The minimum Gasteiger partial charge on any atom is -0.383 e. The van der Waals surface area contributed by atoms with Crippen molar-refractivity contribution in [3.05, 3.63) is 35.4 Å². The zero-order valence-electron chi connectivity index (χ0n) is 13.4. The highest BCUT2D eigenvalue weighted by atomic mass is 32.1. The van der Waals surface area contributed by atoms with Gasteiger partial charge in [-0.15, -0.1) is 0 Å². The molecule has 0 saturated carbocycles. The predicted octanol–water partition coefficient (Wildman–Crippen LogP) is 2.82. The molecule has 116 valence electrons. The van der Waals surface area contributed by atoms with Gasteiger partial charge in [0, 0.05) is 13.2 Å². The number of hydrogen-bond donors (Lipinski definition) is 2. The van der Waals surface area contributed by atoms with Crippen LogP contribution < -0.4 is 10.7 Å². The van der Waals surface area contributed by atoms with Crippen LogP contribution in [0.1, 0.15) is 38.8 Å². The first-order chi connectivity index (χ1) is 9.82. The van der Waals surface area contributed by atoms with E-state index in [-0.39, 0.29) is 11.5 Å². The monoisotopic (exact) mass is 307 g/mol. The molecular weight excluding hydrogens is 282 g/mol. The number of hydrazone groups is 1. The van der Waals surface area contributed by atoms with E-state index in [2.05, 4.69) is 60.9 Å². The van der Waals surface area contributed by atoms with Gasteiger partial charge in [-0.05, 0) is 35.7 Å². The van der Waals surface area contributed by atoms with Crippen molar-refractivity contribution in [2.45, 2.75) is 39.2 Å². The van der Waals surface area contributed by atoms with Crippen molar-refractivity contribution in [3.8, 4) is 0 Å². The van der Waals surface area contributed by atoms with Gasteiger partial charge < -0.3 is 10.1 Å². The lowest BCUT2D eigenvalue weighted by atomic mass is 9.87. The van der Waals surface area contributed by atoms with Crippen LogP contribution in [0.4, 0.5) is 0 Å². The third-order valence-electron chi connectivity index (χ3n) is 2.95. The van der Waals surface area contributed by atoms with E-state index in [1.807, 2.05) is 6.92 Å². The van der Waals surface area contributed by atoms with Crippen LogP contribution >= 0.6 is 12.2 Å². The molecule has 1 rings (SSSR count). The van der Waals surface area contributed by atoms with Crippen molar-refractivity contribution in [1.82, 2.24) is 10.7 Å². The highest BCUT2D eigenvalue weighted by Gasteiger charge is 2.12. The standard InChI is InChI=1S/C16H25N3OS/c1-12(11-20-5)18-15(21)19-17-10-13-6-8-14(9-7-13)16(2,3)4/h6-10,12H,11H2,1-5H3,(H2,18,19,21)/b17-10-/t12-/m0/s1. The molecule has 0 radical (unpaired) electrons. The summed E-state index contributed by atoms with van der Waals surface area (Å²) >= 11 is 5.14. The molecule has 0 amide bonds. The Hall–Kier alpha value is -1.46. The first-order valence-corrected chi connectivity index (χ1v) is 7.43. The smallest absolute Gasteiger partial charge is 0.187 e. The molecule has 4 nitrogen and oxygen atoms in total. The Morgan fingerprint density at radius 3 is 2.48 bits per heavy atom. The Kier molecular flexibility index (Phi) is 6.78. The number of nitrogens with one attached hydrogen (secondary N) is 2. The lowest BCUT2D eigenvalue weighted by molar-refractivity contribution is 0.179. The molecular formula is C16H25N3OS. The Morgan fingerprint density at radius 1 is 1.33 bits per heavy atom. The van der Waals surface area contributed by atoms with E-state index in [4.69, 9.17) is 17.0 Å². The largest absolute Gasteiger partial charge is 0.383 e. The number of thiocarbonyl (C=S) groups is 1. The second-order valence-electron chi connectivity index (χ2n) is 6.07. The molecule has 0 heterocycles. The van der Waals surface area contributed by atoms with Crippen LogP contribution in [0.3, 0.4) is 0 Å². The highest BCUT2D eigenvalue weighted by molar-refractivity contribution is 7.80. The molecule has 0 spiro atoms. The summed E-state index contributed by atoms with van der Waals surface area (Å²) < 4.78 is 5.03. The summed E-state index contributed by atoms with van der Waals surface area (Å²) in [5.41, 5.74) is 5.30. The topological polar surface area (TPSA) is 45.6 Å². The summed E-state index contributed by atoms with van der Waals surface area (Å²) in [6.45, 7) is 9.18. The van der Waals surface area contributed by atoms with Gasteiger partial charge in [0.05, 0.1) is 12.8 Å². The number of rotatable bonds is 5. The molecule has 0 unspecified atom stereocenters. The Labute approximate surface area is 133 Å². The lowest BCUT2D eigenvalue weighted by Gasteiger charge is -2.18. The third kappa shape index (κ3) is 6.69. The molecule has 21 heavy (non-hydrogen) atoms. The average molecular weight is 307 g/mol. The van der Waals surface area contributed by atoms with Crippen molar-refractivity contribution in [2.75, 3.05) is 13.7 Å². The third-order valence-corrected chi connectivity index (χ3v) is 3.16. The van der Waals surface area contributed by atoms with Crippen LogP contribution in [0.15, 0.2) is 29.4 Å². The van der Waals surface area contributed by atoms with Gasteiger partial charge in [0.1, 0.15) is 0 Å². The molecule has 5 heteroatoms. The van der Waals surface area contributed by atoms with Crippen molar-refractivity contribution in [3.63, 3.8) is 0 Å². The van der Waals surface area contributed by atoms with E-state index in [1.54, 1.807) is 13.3 Å². The number of nitrogens with zero attached hydrogens (tertiary/aromatic N) is 1.